The Morgan fingerprint density at radius 1 is 1.03 bits per heavy atom. The van der Waals surface area contributed by atoms with E-state index < -0.39 is 21.9 Å². The summed E-state index contributed by atoms with van der Waals surface area (Å²) in [4.78, 5) is 13.9. The summed E-state index contributed by atoms with van der Waals surface area (Å²) >= 11 is 0. The second-order valence-electron chi connectivity index (χ2n) is 7.48. The number of likely N-dealkylation sites (tertiary alicyclic amines) is 1. The molecule has 3 aromatic carbocycles. The second kappa shape index (κ2) is 8.04. The predicted octanol–water partition coefficient (Wildman–Crippen LogP) is 4.04. The van der Waals surface area contributed by atoms with E-state index >= 15 is 0 Å². The van der Waals surface area contributed by atoms with Crippen LogP contribution in [0.5, 0.6) is 0 Å². The summed E-state index contributed by atoms with van der Waals surface area (Å²) < 4.78 is 36.7. The van der Waals surface area contributed by atoms with Crippen LogP contribution < -0.4 is 10.5 Å². The molecule has 0 atom stereocenters. The predicted molar refractivity (Wildman–Crippen MR) is 114 cm³/mol. The zero-order valence-corrected chi connectivity index (χ0v) is 17.0. The number of carbonyl (C=O) groups excluding carboxylic acids is 1. The maximum Gasteiger partial charge on any atom is 0.321 e. The van der Waals surface area contributed by atoms with Crippen molar-refractivity contribution in [3.63, 3.8) is 0 Å². The molecule has 1 aliphatic heterocycles. The van der Waals surface area contributed by atoms with E-state index in [4.69, 9.17) is 5.14 Å². The molecular weight excluding hydrogens is 405 g/mol. The van der Waals surface area contributed by atoms with Crippen molar-refractivity contribution in [1.82, 2.24) is 4.90 Å². The van der Waals surface area contributed by atoms with Crippen LogP contribution in [0.25, 0.3) is 10.8 Å². The second-order valence-corrected chi connectivity index (χ2v) is 9.04. The Bertz CT molecular complexity index is 1200. The molecule has 156 valence electrons. The molecule has 1 heterocycles. The lowest BCUT2D eigenvalue weighted by molar-refractivity contribution is 0.195. The molecule has 0 aromatic heterocycles. The average molecular weight is 428 g/mol. The van der Waals surface area contributed by atoms with Crippen molar-refractivity contribution in [2.45, 2.75) is 23.7 Å². The van der Waals surface area contributed by atoms with Gasteiger partial charge >= 0.3 is 6.03 Å². The van der Waals surface area contributed by atoms with Gasteiger partial charge in [0.05, 0.1) is 4.90 Å². The van der Waals surface area contributed by atoms with Crippen LogP contribution in [0.3, 0.4) is 0 Å². The number of hydrogen-bond donors (Lipinski definition) is 2. The number of nitrogens with one attached hydrogen (secondary N) is 1. The van der Waals surface area contributed by atoms with Crippen LogP contribution in [0.1, 0.15) is 24.3 Å². The molecule has 0 saturated carbocycles. The molecule has 0 spiro atoms. The number of carbonyl (C=O) groups is 1. The molecule has 4 rings (SSSR count). The number of amides is 2. The quantitative estimate of drug-likeness (QED) is 0.661. The number of urea groups is 1. The van der Waals surface area contributed by atoms with E-state index in [9.17, 15) is 17.6 Å². The number of halogens is 1. The zero-order valence-electron chi connectivity index (χ0n) is 16.2. The highest BCUT2D eigenvalue weighted by atomic mass is 32.2. The first-order valence-corrected chi connectivity index (χ1v) is 11.2. The standard InChI is InChI=1S/C22H22FN3O3S/c23-17-12-18(14-19(13-17)30(24,28)29)25-22(27)26-10-8-16(9-11-26)21-7-3-5-15-4-1-2-6-20(15)21/h1-7,12-14,16H,8-11H2,(H,25,27)(H2,24,28,29). The number of nitrogens with two attached hydrogens (primary N) is 1. The lowest BCUT2D eigenvalue weighted by Crippen LogP contribution is -2.40. The minimum absolute atomic E-state index is 0.0557. The molecular formula is C22H22FN3O3S. The number of benzene rings is 3. The van der Waals surface area contributed by atoms with E-state index in [2.05, 4.69) is 35.6 Å². The van der Waals surface area contributed by atoms with E-state index in [0.717, 1.165) is 31.0 Å². The Labute approximate surface area is 174 Å². The number of hydrogen-bond acceptors (Lipinski definition) is 3. The van der Waals surface area contributed by atoms with Gasteiger partial charge in [-0.05, 0) is 53.3 Å². The van der Waals surface area contributed by atoms with Crippen molar-refractivity contribution in [2.24, 2.45) is 5.14 Å². The summed E-state index contributed by atoms with van der Waals surface area (Å²) in [6.45, 7) is 1.11. The van der Waals surface area contributed by atoms with Crippen molar-refractivity contribution in [1.29, 1.82) is 0 Å². The maximum atomic E-state index is 13.7. The summed E-state index contributed by atoms with van der Waals surface area (Å²) in [7, 11) is -4.07. The molecule has 1 aliphatic rings. The number of fused-ring (bicyclic) bond motifs is 1. The average Bonchev–Trinajstić information content (AvgIpc) is 2.72. The van der Waals surface area contributed by atoms with E-state index in [0.29, 0.717) is 19.0 Å². The molecule has 0 bridgehead atoms. The molecule has 1 fully saturated rings. The fraction of sp³-hybridized carbons (Fsp3) is 0.227. The third kappa shape index (κ3) is 4.29. The largest absolute Gasteiger partial charge is 0.324 e. The fourth-order valence-corrected chi connectivity index (χ4v) is 4.57. The van der Waals surface area contributed by atoms with E-state index in [1.54, 1.807) is 4.90 Å². The number of piperidine rings is 1. The number of rotatable bonds is 3. The van der Waals surface area contributed by atoms with Crippen LogP contribution in [0.15, 0.2) is 65.6 Å². The Hall–Kier alpha value is -2.97. The van der Waals surface area contributed by atoms with Crippen molar-refractivity contribution < 1.29 is 17.6 Å². The highest BCUT2D eigenvalue weighted by molar-refractivity contribution is 7.89. The third-order valence-electron chi connectivity index (χ3n) is 5.50. The first kappa shape index (κ1) is 20.3. The number of sulfonamides is 1. The minimum Gasteiger partial charge on any atom is -0.324 e. The van der Waals surface area contributed by atoms with Gasteiger partial charge in [-0.25, -0.2) is 22.7 Å². The van der Waals surface area contributed by atoms with Crippen LogP contribution in [0.4, 0.5) is 14.9 Å². The summed E-state index contributed by atoms with van der Waals surface area (Å²) in [5.41, 5.74) is 1.34. The molecule has 30 heavy (non-hydrogen) atoms. The molecule has 0 radical (unpaired) electrons. The van der Waals surface area contributed by atoms with Gasteiger partial charge in [-0.1, -0.05) is 42.5 Å². The highest BCUT2D eigenvalue weighted by Crippen LogP contribution is 2.33. The van der Waals surface area contributed by atoms with Crippen LogP contribution in [-0.4, -0.2) is 32.4 Å². The van der Waals surface area contributed by atoms with Crippen molar-refractivity contribution in [2.75, 3.05) is 18.4 Å². The van der Waals surface area contributed by atoms with E-state index in [1.807, 2.05) is 12.1 Å². The first-order valence-electron chi connectivity index (χ1n) is 9.68. The molecule has 6 nitrogen and oxygen atoms in total. The SMILES string of the molecule is NS(=O)(=O)c1cc(F)cc(NC(=O)N2CCC(c3cccc4ccccc34)CC2)c1. The van der Waals surface area contributed by atoms with Crippen molar-refractivity contribution >= 4 is 32.5 Å². The minimum atomic E-state index is -4.07. The molecule has 1 saturated heterocycles. The van der Waals surface area contributed by atoms with Crippen LogP contribution >= 0.6 is 0 Å². The lowest BCUT2D eigenvalue weighted by atomic mass is 9.86. The lowest BCUT2D eigenvalue weighted by Gasteiger charge is -2.32. The van der Waals surface area contributed by atoms with Gasteiger partial charge in [0, 0.05) is 18.8 Å². The molecule has 0 unspecified atom stereocenters. The summed E-state index contributed by atoms with van der Waals surface area (Å²) in [5, 5.41) is 10.1. The molecule has 3 N–H and O–H groups in total. The van der Waals surface area contributed by atoms with Gasteiger partial charge < -0.3 is 10.2 Å². The Balaban J connectivity index is 1.44. The van der Waals surface area contributed by atoms with Gasteiger partial charge in [0.15, 0.2) is 0 Å². The van der Waals surface area contributed by atoms with E-state index in [-0.39, 0.29) is 10.6 Å². The van der Waals surface area contributed by atoms with Gasteiger partial charge in [-0.2, -0.15) is 0 Å². The number of nitrogens with zero attached hydrogens (tertiary/aromatic N) is 1. The van der Waals surface area contributed by atoms with Gasteiger partial charge in [-0.15, -0.1) is 0 Å². The normalized spacial score (nSPS) is 15.3. The van der Waals surface area contributed by atoms with Gasteiger partial charge in [0.25, 0.3) is 0 Å². The third-order valence-corrected chi connectivity index (χ3v) is 6.39. The monoisotopic (exact) mass is 427 g/mol. The number of anilines is 1. The van der Waals surface area contributed by atoms with Crippen molar-refractivity contribution in [3.05, 3.63) is 72.0 Å². The van der Waals surface area contributed by atoms with Crippen LogP contribution in [-0.2, 0) is 10.0 Å². The highest BCUT2D eigenvalue weighted by Gasteiger charge is 2.25. The fourth-order valence-electron chi connectivity index (χ4n) is 4.00. The van der Waals surface area contributed by atoms with Crippen molar-refractivity contribution in [3.8, 4) is 0 Å². The van der Waals surface area contributed by atoms with Gasteiger partial charge in [0.1, 0.15) is 5.82 Å². The van der Waals surface area contributed by atoms with Crippen LogP contribution in [0, 0.1) is 5.82 Å². The molecule has 2 amide bonds. The Kier molecular flexibility index (Phi) is 5.44. The summed E-state index contributed by atoms with van der Waals surface area (Å²) in [5.74, 6) is -0.435. The van der Waals surface area contributed by atoms with Crippen LogP contribution in [0.2, 0.25) is 0 Å². The first-order chi connectivity index (χ1) is 14.3. The topological polar surface area (TPSA) is 92.5 Å². The van der Waals surface area contributed by atoms with E-state index in [1.165, 1.54) is 16.3 Å². The zero-order chi connectivity index (χ0) is 21.3. The molecule has 8 heteroatoms. The number of primary sulfonamides is 1. The molecule has 3 aromatic rings. The summed E-state index contributed by atoms with van der Waals surface area (Å²) in [6.07, 6.45) is 1.63. The Morgan fingerprint density at radius 3 is 2.47 bits per heavy atom. The van der Waals surface area contributed by atoms with Gasteiger partial charge in [0.2, 0.25) is 10.0 Å². The smallest absolute Gasteiger partial charge is 0.321 e. The maximum absolute atomic E-state index is 13.7. The molecule has 0 aliphatic carbocycles. The summed E-state index contributed by atoms with van der Waals surface area (Å²) in [6, 6.07) is 17.2. The van der Waals surface area contributed by atoms with Gasteiger partial charge in [-0.3, -0.25) is 0 Å². The Morgan fingerprint density at radius 2 is 1.73 bits per heavy atom.